The number of benzene rings is 4. The number of anilines is 1. The van der Waals surface area contributed by atoms with Crippen LogP contribution >= 0.6 is 23.2 Å². The van der Waals surface area contributed by atoms with E-state index in [0.29, 0.717) is 22.2 Å². The first-order chi connectivity index (χ1) is 21.6. The zero-order valence-electron chi connectivity index (χ0n) is 25.0. The van der Waals surface area contributed by atoms with Crippen molar-refractivity contribution in [2.75, 3.05) is 24.0 Å². The van der Waals surface area contributed by atoms with Crippen LogP contribution in [0.25, 0.3) is 0 Å². The van der Waals surface area contributed by atoms with E-state index in [1.165, 1.54) is 29.2 Å². The van der Waals surface area contributed by atoms with Crippen LogP contribution in [0.2, 0.25) is 10.0 Å². The van der Waals surface area contributed by atoms with E-state index < -0.39 is 28.5 Å². The molecule has 0 aromatic heterocycles. The van der Waals surface area contributed by atoms with Gasteiger partial charge in [0.1, 0.15) is 18.3 Å². The average Bonchev–Trinajstić information content (AvgIpc) is 3.03. The Bertz CT molecular complexity index is 1700. The molecule has 1 N–H and O–H groups in total. The largest absolute Gasteiger partial charge is 0.492 e. The molecule has 45 heavy (non-hydrogen) atoms. The molecule has 0 heterocycles. The predicted octanol–water partition coefficient (Wildman–Crippen LogP) is 6.36. The molecule has 4 aromatic carbocycles. The van der Waals surface area contributed by atoms with Crippen LogP contribution in [0.4, 0.5) is 5.69 Å². The van der Waals surface area contributed by atoms with Gasteiger partial charge in [-0.3, -0.25) is 13.9 Å². The second-order valence-electron chi connectivity index (χ2n) is 10.1. The summed E-state index contributed by atoms with van der Waals surface area (Å²) in [5.41, 5.74) is 1.62. The number of hydrogen-bond donors (Lipinski definition) is 1. The van der Waals surface area contributed by atoms with Crippen molar-refractivity contribution in [1.82, 2.24) is 10.2 Å². The monoisotopic (exact) mass is 667 g/mol. The van der Waals surface area contributed by atoms with Gasteiger partial charge in [-0.05, 0) is 67.4 Å². The van der Waals surface area contributed by atoms with Crippen LogP contribution in [0, 0.1) is 0 Å². The van der Waals surface area contributed by atoms with Gasteiger partial charge in [-0.1, -0.05) is 83.9 Å². The molecule has 0 aliphatic carbocycles. The molecule has 4 rings (SSSR count). The highest BCUT2D eigenvalue weighted by atomic mass is 35.5. The van der Waals surface area contributed by atoms with Crippen molar-refractivity contribution in [3.05, 3.63) is 124 Å². The smallest absolute Gasteiger partial charge is 0.264 e. The van der Waals surface area contributed by atoms with E-state index in [0.717, 1.165) is 9.87 Å². The Balaban J connectivity index is 1.84. The summed E-state index contributed by atoms with van der Waals surface area (Å²) in [4.78, 5) is 29.5. The number of sulfonamides is 1. The lowest BCUT2D eigenvalue weighted by Gasteiger charge is -2.34. The van der Waals surface area contributed by atoms with Gasteiger partial charge >= 0.3 is 0 Å². The van der Waals surface area contributed by atoms with Crippen LogP contribution in [0.1, 0.15) is 25.0 Å². The summed E-state index contributed by atoms with van der Waals surface area (Å²) in [5.74, 6) is -0.693. The molecule has 2 amide bonds. The second-order valence-corrected chi connectivity index (χ2v) is 12.8. The fourth-order valence-electron chi connectivity index (χ4n) is 4.84. The Morgan fingerprint density at radius 1 is 0.844 bits per heavy atom. The average molecular weight is 669 g/mol. The predicted molar refractivity (Wildman–Crippen MR) is 178 cm³/mol. The number of nitrogens with zero attached hydrogens (tertiary/aromatic N) is 2. The maximum atomic E-state index is 14.5. The Morgan fingerprint density at radius 2 is 1.49 bits per heavy atom. The van der Waals surface area contributed by atoms with E-state index in [9.17, 15) is 18.0 Å². The third kappa shape index (κ3) is 8.57. The Morgan fingerprint density at radius 3 is 2.16 bits per heavy atom. The van der Waals surface area contributed by atoms with Crippen LogP contribution in [0.5, 0.6) is 5.75 Å². The minimum Gasteiger partial charge on any atom is -0.492 e. The van der Waals surface area contributed by atoms with Gasteiger partial charge < -0.3 is 15.0 Å². The topological polar surface area (TPSA) is 96.0 Å². The SMILES string of the molecule is CCNC(=O)[C@H](Cc1ccccc1)N(Cc1ccccc1Cl)C(=O)CN(c1ccccc1OCC)S(=O)(=O)c1ccc(Cl)cc1. The Labute approximate surface area is 274 Å². The minimum absolute atomic E-state index is 0.0327. The molecular weight excluding hydrogens is 633 g/mol. The first-order valence-electron chi connectivity index (χ1n) is 14.5. The first-order valence-corrected chi connectivity index (χ1v) is 16.7. The molecule has 0 unspecified atom stereocenters. The molecule has 1 atom stereocenters. The molecule has 11 heteroatoms. The van der Waals surface area contributed by atoms with E-state index in [1.54, 1.807) is 62.4 Å². The van der Waals surface area contributed by atoms with Gasteiger partial charge in [0, 0.05) is 29.6 Å². The standard InChI is InChI=1S/C34H35Cl2N3O5S/c1-3-37-34(41)31(22-25-12-6-5-7-13-25)38(23-26-14-8-9-15-29(26)36)33(40)24-39(30-16-10-11-17-32(30)44-4-2)45(42,43)28-20-18-27(35)19-21-28/h5-21,31H,3-4,22-24H2,1-2H3,(H,37,41)/t31-/m0/s1. The highest BCUT2D eigenvalue weighted by Crippen LogP contribution is 2.33. The minimum atomic E-state index is -4.32. The number of likely N-dealkylation sites (N-methyl/N-ethyl adjacent to an activating group) is 1. The zero-order valence-corrected chi connectivity index (χ0v) is 27.4. The fraction of sp³-hybridized carbons (Fsp3) is 0.235. The lowest BCUT2D eigenvalue weighted by atomic mass is 10.0. The summed E-state index contributed by atoms with van der Waals surface area (Å²) >= 11 is 12.6. The number of ether oxygens (including phenoxy) is 1. The number of amides is 2. The van der Waals surface area contributed by atoms with Gasteiger partial charge in [-0.2, -0.15) is 0 Å². The van der Waals surface area contributed by atoms with Crippen molar-refractivity contribution < 1.29 is 22.7 Å². The maximum Gasteiger partial charge on any atom is 0.264 e. The van der Waals surface area contributed by atoms with Gasteiger partial charge in [-0.15, -0.1) is 0 Å². The number of para-hydroxylation sites is 2. The van der Waals surface area contributed by atoms with Crippen LogP contribution < -0.4 is 14.4 Å². The third-order valence-electron chi connectivity index (χ3n) is 7.03. The molecule has 0 fully saturated rings. The van der Waals surface area contributed by atoms with Gasteiger partial charge in [-0.25, -0.2) is 8.42 Å². The molecule has 236 valence electrons. The maximum absolute atomic E-state index is 14.5. The van der Waals surface area contributed by atoms with Gasteiger partial charge in [0.25, 0.3) is 10.0 Å². The van der Waals surface area contributed by atoms with Gasteiger partial charge in [0.15, 0.2) is 0 Å². The van der Waals surface area contributed by atoms with E-state index in [1.807, 2.05) is 30.3 Å². The molecule has 0 aliphatic rings. The fourth-order valence-corrected chi connectivity index (χ4v) is 6.59. The Kier molecular flexibility index (Phi) is 11.9. The van der Waals surface area contributed by atoms with E-state index >= 15 is 0 Å². The summed E-state index contributed by atoms with van der Waals surface area (Å²) in [5, 5.41) is 3.62. The molecule has 4 aromatic rings. The number of hydrogen-bond acceptors (Lipinski definition) is 5. The van der Waals surface area contributed by atoms with E-state index in [4.69, 9.17) is 27.9 Å². The second kappa shape index (κ2) is 15.8. The quantitative estimate of drug-likeness (QED) is 0.169. The van der Waals surface area contributed by atoms with Crippen LogP contribution in [0.3, 0.4) is 0 Å². The van der Waals surface area contributed by atoms with E-state index in [-0.39, 0.29) is 41.8 Å². The van der Waals surface area contributed by atoms with Crippen LogP contribution in [-0.4, -0.2) is 50.9 Å². The third-order valence-corrected chi connectivity index (χ3v) is 9.43. The first kappa shape index (κ1) is 33.8. The summed E-state index contributed by atoms with van der Waals surface area (Å²) in [6.45, 7) is 3.54. The highest BCUT2D eigenvalue weighted by molar-refractivity contribution is 7.92. The van der Waals surface area contributed by atoms with Crippen molar-refractivity contribution in [1.29, 1.82) is 0 Å². The summed E-state index contributed by atoms with van der Waals surface area (Å²) in [6, 6.07) is 27.7. The summed E-state index contributed by atoms with van der Waals surface area (Å²) in [6.07, 6.45) is 0.197. The van der Waals surface area contributed by atoms with Crippen LogP contribution in [0.15, 0.2) is 108 Å². The van der Waals surface area contributed by atoms with Crippen LogP contribution in [-0.2, 0) is 32.6 Å². The van der Waals surface area contributed by atoms with Gasteiger partial charge in [0.2, 0.25) is 11.8 Å². The Hall–Kier alpha value is -4.05. The number of carbonyl (C=O) groups excluding carboxylic acids is 2. The van der Waals surface area contributed by atoms with Crippen molar-refractivity contribution in [2.45, 2.75) is 37.8 Å². The zero-order chi connectivity index (χ0) is 32.4. The molecule has 0 bridgehead atoms. The molecular formula is C34H35Cl2N3O5S. The van der Waals surface area contributed by atoms with Gasteiger partial charge in [0.05, 0.1) is 17.2 Å². The molecule has 0 radical (unpaired) electrons. The van der Waals surface area contributed by atoms with Crippen molar-refractivity contribution in [2.24, 2.45) is 0 Å². The van der Waals surface area contributed by atoms with Crippen molar-refractivity contribution >= 4 is 50.7 Å². The highest BCUT2D eigenvalue weighted by Gasteiger charge is 2.35. The lowest BCUT2D eigenvalue weighted by molar-refractivity contribution is -0.140. The lowest BCUT2D eigenvalue weighted by Crippen LogP contribution is -2.53. The van der Waals surface area contributed by atoms with Crippen molar-refractivity contribution in [3.63, 3.8) is 0 Å². The molecule has 0 saturated carbocycles. The normalized spacial score (nSPS) is 11.8. The molecule has 8 nitrogen and oxygen atoms in total. The molecule has 0 spiro atoms. The van der Waals surface area contributed by atoms with E-state index in [2.05, 4.69) is 5.32 Å². The van der Waals surface area contributed by atoms with Crippen molar-refractivity contribution in [3.8, 4) is 5.75 Å². The number of carbonyl (C=O) groups is 2. The summed E-state index contributed by atoms with van der Waals surface area (Å²) in [7, 11) is -4.32. The summed E-state index contributed by atoms with van der Waals surface area (Å²) < 4.78 is 35.2. The number of rotatable bonds is 14. The number of halogens is 2. The number of nitrogens with one attached hydrogen (secondary N) is 1. The molecule has 0 saturated heterocycles. The molecule has 0 aliphatic heterocycles.